The molecule has 5 nitrogen and oxygen atoms in total. The predicted molar refractivity (Wildman–Crippen MR) is 255 cm³/mol. The van der Waals surface area contributed by atoms with Crippen LogP contribution in [0.2, 0.25) is 0 Å². The van der Waals surface area contributed by atoms with E-state index in [2.05, 4.69) is 209 Å². The molecule has 0 spiro atoms. The average Bonchev–Trinajstić information content (AvgIpc) is 3.99. The minimum absolute atomic E-state index is 0.625. The first-order valence-corrected chi connectivity index (χ1v) is 21.3. The summed E-state index contributed by atoms with van der Waals surface area (Å²) in [5.74, 6) is 1.91. The Hall–Kier alpha value is -7.93. The minimum Gasteiger partial charge on any atom is -0.307 e. The van der Waals surface area contributed by atoms with Crippen LogP contribution in [-0.4, -0.2) is 24.1 Å². The number of aromatic nitrogens is 5. The normalized spacial score (nSPS) is 11.9. The number of benzene rings is 9. The molecule has 0 unspecified atom stereocenters. The average molecular weight is 796 g/mol. The van der Waals surface area contributed by atoms with Gasteiger partial charge < -0.3 is 9.13 Å². The van der Waals surface area contributed by atoms with Crippen LogP contribution in [0.4, 0.5) is 0 Å². The van der Waals surface area contributed by atoms with Crippen LogP contribution in [0.25, 0.3) is 120 Å². The largest absolute Gasteiger partial charge is 0.307 e. The zero-order valence-corrected chi connectivity index (χ0v) is 33.5. The summed E-state index contributed by atoms with van der Waals surface area (Å²) in [6, 6.07) is 71.5. The van der Waals surface area contributed by atoms with Gasteiger partial charge in [0, 0.05) is 64.1 Å². The number of thiophene rings is 1. The van der Waals surface area contributed by atoms with Gasteiger partial charge >= 0.3 is 0 Å². The standard InChI is InChI=1S/C55H33N5S/c1-2-15-39(16-3-1)59-46-21-9-7-18-41(46)45-20-12-23-48(52(45)59)60-47-22-10-6-17-40(47)42-29-27-37(32-49(42)60)54-56-53(36-26-25-34-13-4-5-14-35(34)31-36)57-55(58-54)38-28-30-44-43-19-8-11-24-50(43)61-51(44)33-38/h1-33H. The fraction of sp³-hybridized carbons (Fsp3) is 0. The molecular weight excluding hydrogens is 763 g/mol. The third-order valence-corrected chi connectivity index (χ3v) is 13.3. The maximum absolute atomic E-state index is 5.29. The molecule has 0 saturated heterocycles. The van der Waals surface area contributed by atoms with E-state index in [-0.39, 0.29) is 0 Å². The zero-order valence-electron chi connectivity index (χ0n) is 32.7. The van der Waals surface area contributed by atoms with Crippen molar-refractivity contribution in [3.63, 3.8) is 0 Å². The van der Waals surface area contributed by atoms with Crippen molar-refractivity contribution < 1.29 is 0 Å². The lowest BCUT2D eigenvalue weighted by Gasteiger charge is -2.14. The second-order valence-electron chi connectivity index (χ2n) is 15.6. The molecule has 0 atom stereocenters. The monoisotopic (exact) mass is 795 g/mol. The van der Waals surface area contributed by atoms with Crippen molar-refractivity contribution in [2.75, 3.05) is 0 Å². The van der Waals surface area contributed by atoms with Gasteiger partial charge in [-0.1, -0.05) is 146 Å². The number of fused-ring (bicyclic) bond motifs is 10. The molecule has 0 aliphatic carbocycles. The van der Waals surface area contributed by atoms with E-state index >= 15 is 0 Å². The predicted octanol–water partition coefficient (Wildman–Crippen LogP) is 14.6. The maximum Gasteiger partial charge on any atom is 0.164 e. The molecule has 9 aromatic carbocycles. The Bertz CT molecular complexity index is 3890. The molecule has 0 aliphatic heterocycles. The summed E-state index contributed by atoms with van der Waals surface area (Å²) in [6.45, 7) is 0. The van der Waals surface area contributed by atoms with Gasteiger partial charge in [0.2, 0.25) is 0 Å². The number of hydrogen-bond acceptors (Lipinski definition) is 4. The Kier molecular flexibility index (Phi) is 7.41. The van der Waals surface area contributed by atoms with E-state index in [1.807, 2.05) is 0 Å². The van der Waals surface area contributed by atoms with Gasteiger partial charge in [-0.2, -0.15) is 0 Å². The Morgan fingerprint density at radius 2 is 0.869 bits per heavy atom. The molecule has 0 N–H and O–H groups in total. The second kappa shape index (κ2) is 13.3. The van der Waals surface area contributed by atoms with Crippen LogP contribution in [0, 0.1) is 0 Å². The number of nitrogens with zero attached hydrogens (tertiary/aromatic N) is 5. The molecule has 0 amide bonds. The van der Waals surface area contributed by atoms with Crippen LogP contribution >= 0.6 is 11.3 Å². The topological polar surface area (TPSA) is 48.5 Å². The van der Waals surface area contributed by atoms with E-state index in [4.69, 9.17) is 15.0 Å². The highest BCUT2D eigenvalue weighted by atomic mass is 32.1. The van der Waals surface area contributed by atoms with Crippen molar-refractivity contribution in [3.8, 4) is 45.5 Å². The van der Waals surface area contributed by atoms with Crippen LogP contribution in [0.15, 0.2) is 200 Å². The van der Waals surface area contributed by atoms with Gasteiger partial charge in [0.25, 0.3) is 0 Å². The Morgan fingerprint density at radius 1 is 0.328 bits per heavy atom. The Labute approximate surface area is 354 Å². The van der Waals surface area contributed by atoms with Crippen LogP contribution in [0.5, 0.6) is 0 Å². The first kappa shape index (κ1) is 34.0. The van der Waals surface area contributed by atoms with E-state index in [9.17, 15) is 0 Å². The molecule has 4 heterocycles. The first-order valence-electron chi connectivity index (χ1n) is 20.5. The minimum atomic E-state index is 0.625. The summed E-state index contributed by atoms with van der Waals surface area (Å²) in [7, 11) is 0. The summed E-state index contributed by atoms with van der Waals surface area (Å²) in [4.78, 5) is 15.8. The van der Waals surface area contributed by atoms with Crippen molar-refractivity contribution in [2.45, 2.75) is 0 Å². The molecule has 0 aliphatic rings. The third kappa shape index (κ3) is 5.29. The smallest absolute Gasteiger partial charge is 0.164 e. The summed E-state index contributed by atoms with van der Waals surface area (Å²) in [5.41, 5.74) is 9.59. The van der Waals surface area contributed by atoms with Gasteiger partial charge in [-0.15, -0.1) is 11.3 Å². The SMILES string of the molecule is c1ccc(-n2c3ccccc3c3cccc(-n4c5ccccc5c5ccc(-c6nc(-c7ccc8ccccc8c7)nc(-c7ccc8c(c7)sc7ccccc78)n6)cc54)c32)cc1. The van der Waals surface area contributed by atoms with Crippen molar-refractivity contribution >= 4 is 85.9 Å². The van der Waals surface area contributed by atoms with E-state index < -0.39 is 0 Å². The van der Waals surface area contributed by atoms with Gasteiger partial charge in [0.05, 0.1) is 27.8 Å². The molecule has 4 aromatic heterocycles. The molecular formula is C55H33N5S. The highest BCUT2D eigenvalue weighted by Crippen LogP contribution is 2.41. The molecule has 13 aromatic rings. The second-order valence-corrected chi connectivity index (χ2v) is 16.7. The fourth-order valence-electron chi connectivity index (χ4n) is 9.35. The van der Waals surface area contributed by atoms with E-state index in [1.54, 1.807) is 11.3 Å². The van der Waals surface area contributed by atoms with Crippen LogP contribution in [-0.2, 0) is 0 Å². The Balaban J connectivity index is 1.06. The molecule has 61 heavy (non-hydrogen) atoms. The maximum atomic E-state index is 5.29. The first-order chi connectivity index (χ1) is 30.2. The molecule has 0 saturated carbocycles. The molecule has 0 radical (unpaired) electrons. The van der Waals surface area contributed by atoms with Crippen molar-refractivity contribution in [2.24, 2.45) is 0 Å². The van der Waals surface area contributed by atoms with Crippen molar-refractivity contribution in [3.05, 3.63) is 200 Å². The van der Waals surface area contributed by atoms with Gasteiger partial charge in [-0.3, -0.25) is 0 Å². The van der Waals surface area contributed by atoms with Crippen LogP contribution in [0.1, 0.15) is 0 Å². The van der Waals surface area contributed by atoms with Crippen molar-refractivity contribution in [1.82, 2.24) is 24.1 Å². The van der Waals surface area contributed by atoms with Crippen LogP contribution in [0.3, 0.4) is 0 Å². The van der Waals surface area contributed by atoms with Gasteiger partial charge in [-0.05, 0) is 65.4 Å². The summed E-state index contributed by atoms with van der Waals surface area (Å²) in [5, 5.41) is 9.61. The van der Waals surface area contributed by atoms with E-state index in [0.29, 0.717) is 17.5 Å². The van der Waals surface area contributed by atoms with Gasteiger partial charge in [-0.25, -0.2) is 15.0 Å². The lowest BCUT2D eigenvalue weighted by atomic mass is 10.1. The number of hydrogen-bond donors (Lipinski definition) is 0. The molecule has 0 bridgehead atoms. The summed E-state index contributed by atoms with van der Waals surface area (Å²) >= 11 is 1.80. The quantitative estimate of drug-likeness (QED) is 0.174. The number of rotatable bonds is 5. The highest BCUT2D eigenvalue weighted by molar-refractivity contribution is 7.25. The molecule has 6 heteroatoms. The Morgan fingerprint density at radius 3 is 1.66 bits per heavy atom. The lowest BCUT2D eigenvalue weighted by molar-refractivity contribution is 1.07. The molecule has 0 fully saturated rings. The summed E-state index contributed by atoms with van der Waals surface area (Å²) < 4.78 is 7.31. The fourth-order valence-corrected chi connectivity index (χ4v) is 10.5. The zero-order chi connectivity index (χ0) is 40.0. The molecule has 13 rings (SSSR count). The lowest BCUT2D eigenvalue weighted by Crippen LogP contribution is -2.01. The molecule has 284 valence electrons. The van der Waals surface area contributed by atoms with Gasteiger partial charge in [0.1, 0.15) is 0 Å². The van der Waals surface area contributed by atoms with E-state index in [1.165, 1.54) is 47.2 Å². The highest BCUT2D eigenvalue weighted by Gasteiger charge is 2.21. The van der Waals surface area contributed by atoms with Gasteiger partial charge in [0.15, 0.2) is 17.5 Å². The third-order valence-electron chi connectivity index (χ3n) is 12.1. The van der Waals surface area contributed by atoms with Crippen LogP contribution < -0.4 is 0 Å². The number of para-hydroxylation sites is 4. The van der Waals surface area contributed by atoms with E-state index in [0.717, 1.165) is 55.4 Å². The van der Waals surface area contributed by atoms with Crippen molar-refractivity contribution in [1.29, 1.82) is 0 Å². The summed E-state index contributed by atoms with van der Waals surface area (Å²) in [6.07, 6.45) is 0.